The zero-order valence-corrected chi connectivity index (χ0v) is 6.72. The minimum Gasteiger partial charge on any atom is -0.232 e. The lowest BCUT2D eigenvalue weighted by Gasteiger charge is -1.91. The number of H-pyrrole nitrogens is 1. The molecule has 5 heteroatoms. The monoisotopic (exact) mass is 166 g/mol. The number of thioether (sulfide) groups is 1. The third-order valence-corrected chi connectivity index (χ3v) is 2.08. The van der Waals surface area contributed by atoms with Crippen molar-refractivity contribution in [3.8, 4) is 0 Å². The maximum Gasteiger partial charge on any atom is 0.201 e. The van der Waals surface area contributed by atoms with E-state index in [1.807, 2.05) is 12.3 Å². The summed E-state index contributed by atoms with van der Waals surface area (Å²) in [5.41, 5.74) is 1.49. The molecule has 0 saturated carbocycles. The molecule has 2 aromatic heterocycles. The van der Waals surface area contributed by atoms with E-state index < -0.39 is 0 Å². The van der Waals surface area contributed by atoms with E-state index in [9.17, 15) is 0 Å². The van der Waals surface area contributed by atoms with Crippen LogP contribution in [0, 0.1) is 0 Å². The van der Waals surface area contributed by atoms with Crippen molar-refractivity contribution in [2.24, 2.45) is 0 Å². The van der Waals surface area contributed by atoms with Crippen molar-refractivity contribution in [2.45, 2.75) is 4.90 Å². The number of nitrogens with zero attached hydrogens (tertiary/aromatic N) is 3. The van der Waals surface area contributed by atoms with Gasteiger partial charge in [-0.2, -0.15) is 10.3 Å². The van der Waals surface area contributed by atoms with Gasteiger partial charge in [-0.25, -0.2) is 4.98 Å². The van der Waals surface area contributed by atoms with Crippen LogP contribution in [-0.4, -0.2) is 26.7 Å². The fourth-order valence-corrected chi connectivity index (χ4v) is 1.22. The highest BCUT2D eigenvalue weighted by atomic mass is 32.2. The quantitative estimate of drug-likeness (QED) is 0.644. The minimum absolute atomic E-state index is 0.669. The van der Waals surface area contributed by atoms with E-state index in [2.05, 4.69) is 20.4 Å². The smallest absolute Gasteiger partial charge is 0.201 e. The molecule has 0 bridgehead atoms. The Morgan fingerprint density at radius 2 is 2.36 bits per heavy atom. The van der Waals surface area contributed by atoms with Crippen LogP contribution in [0.4, 0.5) is 0 Å². The molecule has 4 nitrogen and oxygen atoms in total. The first kappa shape index (κ1) is 6.60. The average molecular weight is 166 g/mol. The largest absolute Gasteiger partial charge is 0.232 e. The van der Waals surface area contributed by atoms with Crippen LogP contribution in [0.1, 0.15) is 0 Å². The Balaban J connectivity index is 2.67. The number of aromatic nitrogens is 4. The van der Waals surface area contributed by atoms with Crippen molar-refractivity contribution < 1.29 is 0 Å². The molecule has 0 saturated heterocycles. The SMILES string of the molecule is CSc1cnc2n[nH]nc2c1. The van der Waals surface area contributed by atoms with Gasteiger partial charge in [-0.3, -0.25) is 0 Å². The summed E-state index contributed by atoms with van der Waals surface area (Å²) in [5, 5.41) is 10.3. The van der Waals surface area contributed by atoms with Crippen LogP contribution in [0.25, 0.3) is 11.2 Å². The molecule has 0 aromatic carbocycles. The molecule has 0 aliphatic heterocycles. The van der Waals surface area contributed by atoms with Crippen LogP contribution in [0.3, 0.4) is 0 Å². The lowest BCUT2D eigenvalue weighted by Crippen LogP contribution is -1.77. The molecule has 2 heterocycles. The molecule has 0 fully saturated rings. The predicted octanol–water partition coefficient (Wildman–Crippen LogP) is 1.07. The number of nitrogens with one attached hydrogen (secondary N) is 1. The third kappa shape index (κ3) is 1.07. The number of rotatable bonds is 1. The second-order valence-corrected chi connectivity index (χ2v) is 2.92. The number of fused-ring (bicyclic) bond motifs is 1. The van der Waals surface area contributed by atoms with Crippen molar-refractivity contribution in [3.05, 3.63) is 12.3 Å². The van der Waals surface area contributed by atoms with Gasteiger partial charge in [-0.15, -0.1) is 16.9 Å². The van der Waals surface area contributed by atoms with E-state index in [1.54, 1.807) is 18.0 Å². The third-order valence-electron chi connectivity index (χ3n) is 1.38. The highest BCUT2D eigenvalue weighted by Gasteiger charge is 1.98. The normalized spacial score (nSPS) is 10.6. The topological polar surface area (TPSA) is 54.5 Å². The van der Waals surface area contributed by atoms with E-state index in [1.165, 1.54) is 0 Å². The van der Waals surface area contributed by atoms with Gasteiger partial charge in [0.25, 0.3) is 0 Å². The van der Waals surface area contributed by atoms with Gasteiger partial charge in [0.05, 0.1) is 0 Å². The first-order valence-corrected chi connectivity index (χ1v) is 4.33. The van der Waals surface area contributed by atoms with Crippen molar-refractivity contribution in [1.82, 2.24) is 20.4 Å². The molecule has 0 radical (unpaired) electrons. The van der Waals surface area contributed by atoms with Gasteiger partial charge < -0.3 is 0 Å². The number of hydrogen-bond acceptors (Lipinski definition) is 4. The van der Waals surface area contributed by atoms with Crippen LogP contribution in [0.15, 0.2) is 17.2 Å². The van der Waals surface area contributed by atoms with Crippen LogP contribution in [-0.2, 0) is 0 Å². The molecule has 0 amide bonds. The molecule has 56 valence electrons. The van der Waals surface area contributed by atoms with Crippen LogP contribution < -0.4 is 0 Å². The lowest BCUT2D eigenvalue weighted by molar-refractivity contribution is 0.954. The Bertz CT molecular complexity index is 369. The van der Waals surface area contributed by atoms with Gasteiger partial charge in [-0.05, 0) is 12.3 Å². The summed E-state index contributed by atoms with van der Waals surface area (Å²) in [6, 6.07) is 1.95. The number of hydrogen-bond donors (Lipinski definition) is 1. The van der Waals surface area contributed by atoms with Crippen molar-refractivity contribution in [2.75, 3.05) is 6.26 Å². The van der Waals surface area contributed by atoms with Crippen molar-refractivity contribution in [1.29, 1.82) is 0 Å². The summed E-state index contributed by atoms with van der Waals surface area (Å²) in [4.78, 5) is 5.19. The number of pyridine rings is 1. The second kappa shape index (κ2) is 2.50. The van der Waals surface area contributed by atoms with Crippen molar-refractivity contribution in [3.63, 3.8) is 0 Å². The van der Waals surface area contributed by atoms with Crippen LogP contribution >= 0.6 is 11.8 Å². The molecule has 0 aliphatic rings. The molecular weight excluding hydrogens is 160 g/mol. The van der Waals surface area contributed by atoms with E-state index >= 15 is 0 Å². The molecule has 2 aromatic rings. The highest BCUT2D eigenvalue weighted by molar-refractivity contribution is 7.98. The van der Waals surface area contributed by atoms with E-state index in [0.29, 0.717) is 5.65 Å². The predicted molar refractivity (Wildman–Crippen MR) is 43.5 cm³/mol. The van der Waals surface area contributed by atoms with Gasteiger partial charge in [0.15, 0.2) is 0 Å². The fraction of sp³-hybridized carbons (Fsp3) is 0.167. The van der Waals surface area contributed by atoms with Crippen molar-refractivity contribution >= 4 is 22.9 Å². The lowest BCUT2D eigenvalue weighted by atomic mass is 10.4. The van der Waals surface area contributed by atoms with Crippen LogP contribution in [0.5, 0.6) is 0 Å². The molecular formula is C6H6N4S. The first-order chi connectivity index (χ1) is 5.40. The summed E-state index contributed by atoms with van der Waals surface area (Å²) >= 11 is 1.64. The average Bonchev–Trinajstić information content (AvgIpc) is 2.50. The molecule has 11 heavy (non-hydrogen) atoms. The molecule has 0 unspecified atom stereocenters. The fourth-order valence-electron chi connectivity index (χ4n) is 0.834. The Hall–Kier alpha value is -1.10. The summed E-state index contributed by atoms with van der Waals surface area (Å²) in [6.07, 6.45) is 3.79. The van der Waals surface area contributed by atoms with E-state index in [-0.39, 0.29) is 0 Å². The second-order valence-electron chi connectivity index (χ2n) is 2.04. The Morgan fingerprint density at radius 3 is 3.18 bits per heavy atom. The number of aromatic amines is 1. The summed E-state index contributed by atoms with van der Waals surface area (Å²) < 4.78 is 0. The molecule has 0 aliphatic carbocycles. The van der Waals surface area contributed by atoms with E-state index in [4.69, 9.17) is 0 Å². The standard InChI is InChI=1S/C6H6N4S/c1-11-4-2-5-6(7-3-4)9-10-8-5/h2-3H,1H3,(H,7,8,9,10). The molecule has 1 N–H and O–H groups in total. The molecule has 0 atom stereocenters. The van der Waals surface area contributed by atoms with E-state index in [0.717, 1.165) is 10.4 Å². The minimum atomic E-state index is 0.669. The summed E-state index contributed by atoms with van der Waals surface area (Å²) in [6.45, 7) is 0. The van der Waals surface area contributed by atoms with Gasteiger partial charge in [0, 0.05) is 11.1 Å². The summed E-state index contributed by atoms with van der Waals surface area (Å²) in [5.74, 6) is 0. The highest BCUT2D eigenvalue weighted by Crippen LogP contribution is 2.15. The van der Waals surface area contributed by atoms with Gasteiger partial charge in [0.2, 0.25) is 5.65 Å². The zero-order chi connectivity index (χ0) is 7.68. The van der Waals surface area contributed by atoms with Gasteiger partial charge >= 0.3 is 0 Å². The Kier molecular flexibility index (Phi) is 1.50. The summed E-state index contributed by atoms with van der Waals surface area (Å²) in [7, 11) is 0. The first-order valence-electron chi connectivity index (χ1n) is 3.10. The maximum absolute atomic E-state index is 4.09. The van der Waals surface area contributed by atoms with Gasteiger partial charge in [-0.1, -0.05) is 0 Å². The van der Waals surface area contributed by atoms with Crippen LogP contribution in [0.2, 0.25) is 0 Å². The Labute approximate surface area is 67.4 Å². The molecule has 0 spiro atoms. The zero-order valence-electron chi connectivity index (χ0n) is 5.90. The molecule has 2 rings (SSSR count). The van der Waals surface area contributed by atoms with Gasteiger partial charge in [0.1, 0.15) is 5.52 Å². The maximum atomic E-state index is 4.09. The Morgan fingerprint density at radius 1 is 1.45 bits per heavy atom.